The minimum Gasteiger partial charge on any atom is -0.493 e. The molecule has 0 spiro atoms. The summed E-state index contributed by atoms with van der Waals surface area (Å²) >= 11 is 2.73. The average molecular weight is 419 g/mol. The molecular formula is C19H22N4O3S2. The average Bonchev–Trinajstić information content (AvgIpc) is 3.26. The van der Waals surface area contributed by atoms with Crippen molar-refractivity contribution in [1.29, 1.82) is 0 Å². The molecule has 2 heterocycles. The number of aryl methyl sites for hydroxylation is 1. The molecular weight excluding hydrogens is 396 g/mol. The van der Waals surface area contributed by atoms with Crippen molar-refractivity contribution in [2.24, 2.45) is 5.92 Å². The Hall–Kier alpha value is -2.52. The van der Waals surface area contributed by atoms with Gasteiger partial charge in [-0.3, -0.25) is 10.1 Å². The van der Waals surface area contributed by atoms with Gasteiger partial charge >= 0.3 is 0 Å². The van der Waals surface area contributed by atoms with E-state index >= 15 is 0 Å². The van der Waals surface area contributed by atoms with Crippen molar-refractivity contribution in [2.75, 3.05) is 19.5 Å². The van der Waals surface area contributed by atoms with Crippen molar-refractivity contribution in [3.8, 4) is 22.1 Å². The van der Waals surface area contributed by atoms with Crippen LogP contribution in [-0.2, 0) is 6.42 Å². The van der Waals surface area contributed by atoms with Crippen LogP contribution in [0.4, 0.5) is 5.13 Å². The van der Waals surface area contributed by atoms with Gasteiger partial charge in [-0.2, -0.15) is 0 Å². The molecule has 0 saturated carbocycles. The maximum absolute atomic E-state index is 12.7. The lowest BCUT2D eigenvalue weighted by atomic mass is 10.1. The molecule has 0 bridgehead atoms. The first-order chi connectivity index (χ1) is 13.4. The first-order valence-electron chi connectivity index (χ1n) is 8.74. The van der Waals surface area contributed by atoms with Crippen molar-refractivity contribution in [1.82, 2.24) is 15.2 Å². The van der Waals surface area contributed by atoms with E-state index in [4.69, 9.17) is 9.47 Å². The predicted molar refractivity (Wildman–Crippen MR) is 112 cm³/mol. The minimum atomic E-state index is -0.228. The number of benzene rings is 1. The number of thiazole rings is 1. The van der Waals surface area contributed by atoms with Gasteiger partial charge in [0, 0.05) is 12.0 Å². The Bertz CT molecular complexity index is 981. The van der Waals surface area contributed by atoms with Crippen molar-refractivity contribution < 1.29 is 14.3 Å². The molecule has 1 aromatic carbocycles. The molecule has 3 rings (SSSR count). The van der Waals surface area contributed by atoms with Crippen LogP contribution < -0.4 is 14.8 Å². The molecule has 0 fully saturated rings. The van der Waals surface area contributed by atoms with Crippen LogP contribution in [0, 0.1) is 12.8 Å². The highest BCUT2D eigenvalue weighted by atomic mass is 32.1. The number of nitrogens with zero attached hydrogens (tertiary/aromatic N) is 3. The minimum absolute atomic E-state index is 0.228. The molecule has 0 radical (unpaired) electrons. The van der Waals surface area contributed by atoms with Crippen LogP contribution in [0.5, 0.6) is 11.5 Å². The van der Waals surface area contributed by atoms with E-state index in [1.165, 1.54) is 22.7 Å². The number of anilines is 1. The van der Waals surface area contributed by atoms with Crippen LogP contribution >= 0.6 is 22.7 Å². The van der Waals surface area contributed by atoms with E-state index in [2.05, 4.69) is 34.3 Å². The molecule has 0 aliphatic heterocycles. The first-order valence-corrected chi connectivity index (χ1v) is 10.4. The third-order valence-electron chi connectivity index (χ3n) is 3.90. The summed E-state index contributed by atoms with van der Waals surface area (Å²) in [6.07, 6.45) is 0.844. The quantitative estimate of drug-likeness (QED) is 0.610. The monoisotopic (exact) mass is 418 g/mol. The number of ether oxygens (including phenoxy) is 2. The van der Waals surface area contributed by atoms with Crippen LogP contribution in [-0.4, -0.2) is 35.3 Å². The predicted octanol–water partition coefficient (Wildman–Crippen LogP) is 4.44. The molecule has 9 heteroatoms. The topological polar surface area (TPSA) is 86.2 Å². The summed E-state index contributed by atoms with van der Waals surface area (Å²) in [5, 5.41) is 13.2. The molecule has 2 aromatic heterocycles. The number of nitrogens with one attached hydrogen (secondary N) is 1. The number of aromatic nitrogens is 3. The smallest absolute Gasteiger partial charge is 0.269 e. The molecule has 0 aliphatic carbocycles. The number of hydrogen-bond acceptors (Lipinski definition) is 8. The Balaban J connectivity index is 1.80. The maximum Gasteiger partial charge on any atom is 0.269 e. The number of carbonyl (C=O) groups excluding carboxylic acids is 1. The molecule has 1 N–H and O–H groups in total. The second-order valence-corrected chi connectivity index (χ2v) is 8.62. The summed E-state index contributed by atoms with van der Waals surface area (Å²) in [4.78, 5) is 17.8. The summed E-state index contributed by atoms with van der Waals surface area (Å²) in [5.74, 6) is 1.52. The van der Waals surface area contributed by atoms with Gasteiger partial charge in [0.05, 0.1) is 19.9 Å². The lowest BCUT2D eigenvalue weighted by Crippen LogP contribution is -2.11. The number of hydrogen-bond donors (Lipinski definition) is 1. The summed E-state index contributed by atoms with van der Waals surface area (Å²) in [6.45, 7) is 6.06. The summed E-state index contributed by atoms with van der Waals surface area (Å²) in [7, 11) is 3.18. The van der Waals surface area contributed by atoms with Gasteiger partial charge < -0.3 is 9.47 Å². The molecule has 0 saturated heterocycles. The van der Waals surface area contributed by atoms with Crippen molar-refractivity contribution in [3.63, 3.8) is 0 Å². The van der Waals surface area contributed by atoms with Crippen LogP contribution in [0.15, 0.2) is 18.2 Å². The Morgan fingerprint density at radius 1 is 1.14 bits per heavy atom. The summed E-state index contributed by atoms with van der Waals surface area (Å²) < 4.78 is 10.6. The molecule has 3 aromatic rings. The number of rotatable bonds is 7. The van der Waals surface area contributed by atoms with E-state index in [-0.39, 0.29) is 5.91 Å². The highest BCUT2D eigenvalue weighted by molar-refractivity contribution is 7.17. The van der Waals surface area contributed by atoms with Gasteiger partial charge in [0.1, 0.15) is 14.9 Å². The van der Waals surface area contributed by atoms with Gasteiger partial charge in [-0.1, -0.05) is 25.2 Å². The van der Waals surface area contributed by atoms with E-state index in [0.717, 1.165) is 22.0 Å². The van der Waals surface area contributed by atoms with E-state index < -0.39 is 0 Å². The molecule has 7 nitrogen and oxygen atoms in total. The zero-order chi connectivity index (χ0) is 20.3. The van der Waals surface area contributed by atoms with Gasteiger partial charge in [-0.05, 0) is 31.0 Å². The van der Waals surface area contributed by atoms with Crippen molar-refractivity contribution in [3.05, 3.63) is 33.8 Å². The van der Waals surface area contributed by atoms with Gasteiger partial charge in [0.2, 0.25) is 5.13 Å². The van der Waals surface area contributed by atoms with Gasteiger partial charge in [-0.25, -0.2) is 4.98 Å². The fraction of sp³-hybridized carbons (Fsp3) is 0.368. The van der Waals surface area contributed by atoms with Crippen LogP contribution in [0.3, 0.4) is 0 Å². The highest BCUT2D eigenvalue weighted by Gasteiger charge is 2.19. The van der Waals surface area contributed by atoms with E-state index in [0.29, 0.717) is 33.1 Å². The fourth-order valence-electron chi connectivity index (χ4n) is 2.59. The summed E-state index contributed by atoms with van der Waals surface area (Å²) in [5.41, 5.74) is 1.53. The third kappa shape index (κ3) is 4.48. The summed E-state index contributed by atoms with van der Waals surface area (Å²) in [6, 6.07) is 5.56. The molecule has 148 valence electrons. The second-order valence-electron chi connectivity index (χ2n) is 6.56. The maximum atomic E-state index is 12.7. The number of carbonyl (C=O) groups is 1. The van der Waals surface area contributed by atoms with Crippen LogP contribution in [0.1, 0.15) is 34.2 Å². The van der Waals surface area contributed by atoms with E-state index in [1.54, 1.807) is 14.2 Å². The molecule has 1 amide bonds. The molecule has 0 aliphatic rings. The number of amides is 1. The Morgan fingerprint density at radius 3 is 2.57 bits per heavy atom. The Morgan fingerprint density at radius 2 is 1.89 bits per heavy atom. The Labute approximate surface area is 171 Å². The van der Waals surface area contributed by atoms with Crippen LogP contribution in [0.2, 0.25) is 0 Å². The normalized spacial score (nSPS) is 10.9. The van der Waals surface area contributed by atoms with Crippen molar-refractivity contribution in [2.45, 2.75) is 27.2 Å². The Kier molecular flexibility index (Phi) is 6.25. The molecule has 28 heavy (non-hydrogen) atoms. The van der Waals surface area contributed by atoms with Crippen LogP contribution in [0.25, 0.3) is 10.6 Å². The standard InChI is InChI=1S/C19H22N4O3S2/c1-10(2)8-15-22-23-19(27-15)21-17(24)16-11(3)20-18(28-16)12-6-7-13(25-4)14(9-12)26-5/h6-7,9-10H,8H2,1-5H3,(H,21,23,24). The van der Waals surface area contributed by atoms with Gasteiger partial charge in [0.25, 0.3) is 5.91 Å². The lowest BCUT2D eigenvalue weighted by Gasteiger charge is -2.08. The zero-order valence-corrected chi connectivity index (χ0v) is 18.0. The SMILES string of the molecule is COc1ccc(-c2nc(C)c(C(=O)Nc3nnc(CC(C)C)s3)s2)cc1OC. The van der Waals surface area contributed by atoms with E-state index in [1.807, 2.05) is 25.1 Å². The molecule has 0 atom stereocenters. The van der Waals surface area contributed by atoms with Crippen molar-refractivity contribution >= 4 is 33.7 Å². The zero-order valence-electron chi connectivity index (χ0n) is 16.4. The largest absolute Gasteiger partial charge is 0.493 e. The molecule has 0 unspecified atom stereocenters. The fourth-order valence-corrected chi connectivity index (χ4v) is 4.49. The number of methoxy groups -OCH3 is 2. The first kappa shape index (κ1) is 20.2. The third-order valence-corrected chi connectivity index (χ3v) is 5.97. The van der Waals surface area contributed by atoms with E-state index in [9.17, 15) is 4.79 Å². The second kappa shape index (κ2) is 8.66. The van der Waals surface area contributed by atoms with Gasteiger partial charge in [0.15, 0.2) is 11.5 Å². The van der Waals surface area contributed by atoms with Gasteiger partial charge in [-0.15, -0.1) is 21.5 Å². The highest BCUT2D eigenvalue weighted by Crippen LogP contribution is 2.35. The lowest BCUT2D eigenvalue weighted by molar-refractivity contribution is 0.102.